The zero-order valence-corrected chi connectivity index (χ0v) is 6.49. The number of aliphatic imine (C=N–C) groups is 1. The van der Waals surface area contributed by atoms with Crippen LogP contribution in [-0.4, -0.2) is 11.1 Å². The normalized spacial score (nSPS) is 17.7. The van der Waals surface area contributed by atoms with E-state index in [1.807, 2.05) is 17.9 Å². The first-order chi connectivity index (χ1) is 5.25. The van der Waals surface area contributed by atoms with Gasteiger partial charge in [-0.3, -0.25) is 0 Å². The Morgan fingerprint density at radius 1 is 1.73 bits per heavy atom. The second-order valence-corrected chi connectivity index (χ2v) is 2.21. The SMILES string of the molecule is C=C1N=CC=C(C)N1/C=C\N. The molecule has 1 rings (SSSR count). The van der Waals surface area contributed by atoms with Crippen molar-refractivity contribution in [2.24, 2.45) is 10.7 Å². The highest BCUT2D eigenvalue weighted by Crippen LogP contribution is 2.15. The lowest BCUT2D eigenvalue weighted by Gasteiger charge is -2.22. The molecule has 2 N–H and O–H groups in total. The van der Waals surface area contributed by atoms with Crippen molar-refractivity contribution in [3.05, 3.63) is 36.6 Å². The lowest BCUT2D eigenvalue weighted by Crippen LogP contribution is -2.15. The first kappa shape index (κ1) is 7.60. The largest absolute Gasteiger partial charge is 0.403 e. The topological polar surface area (TPSA) is 41.6 Å². The molecule has 0 aliphatic carbocycles. The third-order valence-corrected chi connectivity index (χ3v) is 1.43. The highest BCUT2D eigenvalue weighted by atomic mass is 15.2. The first-order valence-corrected chi connectivity index (χ1v) is 3.33. The van der Waals surface area contributed by atoms with E-state index in [4.69, 9.17) is 5.73 Å². The summed E-state index contributed by atoms with van der Waals surface area (Å²) < 4.78 is 0. The van der Waals surface area contributed by atoms with Crippen LogP contribution in [0, 0.1) is 0 Å². The highest BCUT2D eigenvalue weighted by molar-refractivity contribution is 5.74. The number of hydrogen-bond acceptors (Lipinski definition) is 3. The molecule has 1 aliphatic rings. The zero-order chi connectivity index (χ0) is 8.27. The van der Waals surface area contributed by atoms with Gasteiger partial charge in [-0.25, -0.2) is 4.99 Å². The minimum Gasteiger partial charge on any atom is -0.403 e. The van der Waals surface area contributed by atoms with Gasteiger partial charge >= 0.3 is 0 Å². The van der Waals surface area contributed by atoms with Crippen molar-refractivity contribution in [1.82, 2.24) is 4.90 Å². The molecule has 0 aromatic rings. The smallest absolute Gasteiger partial charge is 0.129 e. The van der Waals surface area contributed by atoms with Crippen LogP contribution in [0.1, 0.15) is 6.92 Å². The Labute approximate surface area is 66.2 Å². The fourth-order valence-corrected chi connectivity index (χ4v) is 0.867. The summed E-state index contributed by atoms with van der Waals surface area (Å²) in [6.07, 6.45) is 6.81. The number of rotatable bonds is 1. The lowest BCUT2D eigenvalue weighted by molar-refractivity contribution is 0.566. The molecule has 1 heterocycles. The van der Waals surface area contributed by atoms with Gasteiger partial charge in [-0.2, -0.15) is 0 Å². The van der Waals surface area contributed by atoms with Gasteiger partial charge in [-0.05, 0) is 13.0 Å². The van der Waals surface area contributed by atoms with E-state index in [9.17, 15) is 0 Å². The van der Waals surface area contributed by atoms with E-state index >= 15 is 0 Å². The van der Waals surface area contributed by atoms with E-state index in [0.29, 0.717) is 5.82 Å². The molecule has 0 amide bonds. The molecule has 3 heteroatoms. The van der Waals surface area contributed by atoms with Crippen molar-refractivity contribution in [2.45, 2.75) is 6.92 Å². The second kappa shape index (κ2) is 3.05. The Bertz CT molecular complexity index is 248. The number of allylic oxidation sites excluding steroid dienone is 2. The van der Waals surface area contributed by atoms with Gasteiger partial charge in [-0.1, -0.05) is 6.58 Å². The average molecular weight is 149 g/mol. The summed E-state index contributed by atoms with van der Waals surface area (Å²) in [5.41, 5.74) is 6.30. The number of hydrogen-bond donors (Lipinski definition) is 1. The van der Waals surface area contributed by atoms with Crippen molar-refractivity contribution in [2.75, 3.05) is 0 Å². The Hall–Kier alpha value is -1.51. The highest BCUT2D eigenvalue weighted by Gasteiger charge is 2.06. The van der Waals surface area contributed by atoms with E-state index in [1.165, 1.54) is 6.20 Å². The predicted molar refractivity (Wildman–Crippen MR) is 46.6 cm³/mol. The van der Waals surface area contributed by atoms with Crippen LogP contribution >= 0.6 is 0 Å². The first-order valence-electron chi connectivity index (χ1n) is 3.33. The Morgan fingerprint density at radius 2 is 2.45 bits per heavy atom. The number of nitrogens with zero attached hydrogens (tertiary/aromatic N) is 2. The van der Waals surface area contributed by atoms with Crippen LogP contribution < -0.4 is 5.73 Å². The summed E-state index contributed by atoms with van der Waals surface area (Å²) in [5.74, 6) is 0.687. The van der Waals surface area contributed by atoms with Crippen molar-refractivity contribution in [1.29, 1.82) is 0 Å². The van der Waals surface area contributed by atoms with Gasteiger partial charge in [0.25, 0.3) is 0 Å². The van der Waals surface area contributed by atoms with E-state index in [-0.39, 0.29) is 0 Å². The summed E-state index contributed by atoms with van der Waals surface area (Å²) in [4.78, 5) is 5.82. The van der Waals surface area contributed by atoms with Crippen molar-refractivity contribution >= 4 is 6.21 Å². The molecule has 0 saturated heterocycles. The summed E-state index contributed by atoms with van der Waals surface area (Å²) >= 11 is 0. The fourth-order valence-electron chi connectivity index (χ4n) is 0.867. The maximum Gasteiger partial charge on any atom is 0.129 e. The van der Waals surface area contributed by atoms with Gasteiger partial charge in [0.1, 0.15) is 5.82 Å². The molecule has 0 fully saturated rings. The van der Waals surface area contributed by atoms with Crippen molar-refractivity contribution < 1.29 is 0 Å². The molecule has 0 aromatic carbocycles. The molecule has 0 bridgehead atoms. The monoisotopic (exact) mass is 149 g/mol. The minimum absolute atomic E-state index is 0.687. The van der Waals surface area contributed by atoms with Crippen LogP contribution in [0.15, 0.2) is 41.6 Å². The van der Waals surface area contributed by atoms with Crippen molar-refractivity contribution in [3.8, 4) is 0 Å². The van der Waals surface area contributed by atoms with Crippen LogP contribution in [0.2, 0.25) is 0 Å². The molecule has 0 atom stereocenters. The Morgan fingerprint density at radius 3 is 3.00 bits per heavy atom. The van der Waals surface area contributed by atoms with E-state index < -0.39 is 0 Å². The van der Waals surface area contributed by atoms with E-state index in [0.717, 1.165) is 5.70 Å². The van der Waals surface area contributed by atoms with Crippen LogP contribution in [0.4, 0.5) is 0 Å². The summed E-state index contributed by atoms with van der Waals surface area (Å²) in [6, 6.07) is 0. The molecule has 0 aromatic heterocycles. The van der Waals surface area contributed by atoms with E-state index in [1.54, 1.807) is 12.4 Å². The van der Waals surface area contributed by atoms with Crippen LogP contribution in [0.3, 0.4) is 0 Å². The summed E-state index contributed by atoms with van der Waals surface area (Å²) in [6.45, 7) is 5.71. The number of nitrogens with two attached hydrogens (primary N) is 1. The minimum atomic E-state index is 0.687. The van der Waals surface area contributed by atoms with Gasteiger partial charge in [-0.15, -0.1) is 0 Å². The molecule has 11 heavy (non-hydrogen) atoms. The Kier molecular flexibility index (Phi) is 2.11. The molecule has 0 radical (unpaired) electrons. The third-order valence-electron chi connectivity index (χ3n) is 1.43. The maximum absolute atomic E-state index is 5.24. The van der Waals surface area contributed by atoms with Crippen LogP contribution in [-0.2, 0) is 0 Å². The maximum atomic E-state index is 5.24. The van der Waals surface area contributed by atoms with Gasteiger partial charge in [0.05, 0.1) is 0 Å². The zero-order valence-electron chi connectivity index (χ0n) is 6.49. The van der Waals surface area contributed by atoms with Crippen LogP contribution in [0.25, 0.3) is 0 Å². The molecule has 1 aliphatic heterocycles. The molecule has 0 spiro atoms. The quantitative estimate of drug-likeness (QED) is 0.608. The summed E-state index contributed by atoms with van der Waals surface area (Å²) in [7, 11) is 0. The molecule has 58 valence electrons. The van der Waals surface area contributed by atoms with Gasteiger partial charge < -0.3 is 10.6 Å². The van der Waals surface area contributed by atoms with Crippen molar-refractivity contribution in [3.63, 3.8) is 0 Å². The Balaban J connectivity index is 2.86. The predicted octanol–water partition coefficient (Wildman–Crippen LogP) is 1.18. The summed E-state index contributed by atoms with van der Waals surface area (Å²) in [5, 5.41) is 0. The van der Waals surface area contributed by atoms with E-state index in [2.05, 4.69) is 11.6 Å². The second-order valence-electron chi connectivity index (χ2n) is 2.21. The lowest BCUT2D eigenvalue weighted by atomic mass is 10.3. The molecular weight excluding hydrogens is 138 g/mol. The average Bonchev–Trinajstić information content (AvgIpc) is 1.97. The molecule has 3 nitrogen and oxygen atoms in total. The molecular formula is C8H11N3. The fraction of sp³-hybridized carbons (Fsp3) is 0.125. The molecule has 0 unspecified atom stereocenters. The van der Waals surface area contributed by atoms with Gasteiger partial charge in [0.15, 0.2) is 0 Å². The van der Waals surface area contributed by atoms with Gasteiger partial charge in [0, 0.05) is 24.3 Å². The van der Waals surface area contributed by atoms with Gasteiger partial charge in [0.2, 0.25) is 0 Å². The molecule has 0 saturated carbocycles. The van der Waals surface area contributed by atoms with Crippen LogP contribution in [0.5, 0.6) is 0 Å². The standard InChI is InChI=1S/C8H11N3/c1-7-3-5-10-8(2)11(7)6-4-9/h3-6H,2,9H2,1H3/b6-4-. The third kappa shape index (κ3) is 1.49.